The maximum atomic E-state index is 14.9. The number of anilines is 3. The molecule has 5 N–H and O–H groups in total. The van der Waals surface area contributed by atoms with E-state index in [-0.39, 0.29) is 48.9 Å². The van der Waals surface area contributed by atoms with Crippen LogP contribution in [0.3, 0.4) is 0 Å². The van der Waals surface area contributed by atoms with E-state index in [1.165, 1.54) is 11.1 Å². The van der Waals surface area contributed by atoms with E-state index in [9.17, 15) is 33.2 Å². The molecule has 0 radical (unpaired) electrons. The van der Waals surface area contributed by atoms with Crippen molar-refractivity contribution in [2.45, 2.75) is 38.1 Å². The first-order valence-electron chi connectivity index (χ1n) is 23.2. The van der Waals surface area contributed by atoms with Gasteiger partial charge in [-0.05, 0) is 74.4 Å². The lowest BCUT2D eigenvalue weighted by Crippen LogP contribution is -2.62. The third-order valence-corrected chi connectivity index (χ3v) is 12.8. The van der Waals surface area contributed by atoms with Crippen LogP contribution in [0.4, 0.5) is 30.9 Å². The minimum absolute atomic E-state index is 0.148. The van der Waals surface area contributed by atoms with Gasteiger partial charge in [-0.3, -0.25) is 44.1 Å². The average Bonchev–Trinajstić information content (AvgIpc) is 3.68. The number of nitriles is 1. The highest BCUT2D eigenvalue weighted by Crippen LogP contribution is 2.33. The molecule has 3 aliphatic heterocycles. The van der Waals surface area contributed by atoms with E-state index in [0.717, 1.165) is 31.3 Å². The lowest BCUT2D eigenvalue weighted by atomic mass is 9.86. The predicted molar refractivity (Wildman–Crippen MR) is 258 cm³/mol. The lowest BCUT2D eigenvalue weighted by molar-refractivity contribution is -0.120. The molecule has 0 spiro atoms. The van der Waals surface area contributed by atoms with Gasteiger partial charge in [0.2, 0.25) is 11.8 Å². The van der Waals surface area contributed by atoms with E-state index < -0.39 is 29.1 Å². The SMILES string of the molecule is CCOc1cnc(/C(C#N)=C\N)c(-c2ccc(N3CCC(CN4CCN(CCOCCC(=O)Nc5ccc6c(N7CCC(=O)NC7=O)nn(C)c6c5)CC4)(NC(=O)c4cc(F)ccc4F)CC3)nc2)c1. The van der Waals surface area contributed by atoms with Crippen molar-refractivity contribution in [3.8, 4) is 22.9 Å². The second-order valence-corrected chi connectivity index (χ2v) is 17.4. The third-order valence-electron chi connectivity index (χ3n) is 12.8. The van der Waals surface area contributed by atoms with E-state index in [1.807, 2.05) is 19.1 Å². The Morgan fingerprint density at radius 3 is 2.46 bits per heavy atom. The fraction of sp³-hybridized carbons (Fsp3) is 0.388. The minimum Gasteiger partial charge on any atom is -0.492 e. The first-order valence-corrected chi connectivity index (χ1v) is 23.2. The summed E-state index contributed by atoms with van der Waals surface area (Å²) in [6.07, 6.45) is 5.84. The molecule has 19 nitrogen and oxygen atoms in total. The van der Waals surface area contributed by atoms with E-state index in [2.05, 4.69) is 46.8 Å². The van der Waals surface area contributed by atoms with Crippen LogP contribution in [0.5, 0.6) is 5.75 Å². The molecule has 0 atom stereocenters. The van der Waals surface area contributed by atoms with Gasteiger partial charge in [-0.25, -0.2) is 18.6 Å². The van der Waals surface area contributed by atoms with Gasteiger partial charge in [0.25, 0.3) is 5.91 Å². The number of imide groups is 1. The number of nitrogens with zero attached hydrogens (tertiary/aromatic N) is 9. The number of pyridine rings is 2. The monoisotopic (exact) mass is 959 g/mol. The molecular formula is C49H55F2N13O6. The van der Waals surface area contributed by atoms with Gasteiger partial charge in [0.1, 0.15) is 29.3 Å². The van der Waals surface area contributed by atoms with E-state index in [4.69, 9.17) is 20.2 Å². The van der Waals surface area contributed by atoms with Gasteiger partial charge in [0.05, 0.1) is 60.3 Å². The molecular weight excluding hydrogens is 905 g/mol. The number of nitrogens with two attached hydrogens (primary N) is 1. The lowest BCUT2D eigenvalue weighted by Gasteiger charge is -2.46. The number of allylic oxidation sites excluding steroid dienone is 1. The first kappa shape index (κ1) is 48.9. The molecule has 0 aliphatic carbocycles. The van der Waals surface area contributed by atoms with Crippen LogP contribution in [0.2, 0.25) is 0 Å². The van der Waals surface area contributed by atoms with Crippen LogP contribution in [0.15, 0.2) is 73.2 Å². The van der Waals surface area contributed by atoms with Crippen molar-refractivity contribution in [2.24, 2.45) is 12.8 Å². The fourth-order valence-corrected chi connectivity index (χ4v) is 9.06. The number of rotatable bonds is 17. The highest BCUT2D eigenvalue weighted by atomic mass is 19.1. The van der Waals surface area contributed by atoms with Gasteiger partial charge in [-0.1, -0.05) is 0 Å². The summed E-state index contributed by atoms with van der Waals surface area (Å²) in [7, 11) is 1.75. The summed E-state index contributed by atoms with van der Waals surface area (Å²) in [5.41, 5.74) is 7.92. The molecule has 5 amide bonds. The van der Waals surface area contributed by atoms with Crippen molar-refractivity contribution >= 4 is 57.6 Å². The Morgan fingerprint density at radius 1 is 0.957 bits per heavy atom. The number of fused-ring (bicyclic) bond motifs is 1. The van der Waals surface area contributed by atoms with E-state index >= 15 is 0 Å². The second-order valence-electron chi connectivity index (χ2n) is 17.4. The summed E-state index contributed by atoms with van der Waals surface area (Å²) in [6, 6.07) is 15.3. The molecule has 2 aromatic carbocycles. The molecule has 21 heteroatoms. The molecule has 366 valence electrons. The van der Waals surface area contributed by atoms with Crippen LogP contribution < -0.4 is 36.2 Å². The number of piperidine rings is 1. The number of hydrogen-bond donors (Lipinski definition) is 4. The number of carbonyl (C=O) groups excluding carboxylic acids is 4. The van der Waals surface area contributed by atoms with Crippen LogP contribution in [0.1, 0.15) is 48.7 Å². The smallest absolute Gasteiger partial charge is 0.329 e. The topological polar surface area (TPSA) is 229 Å². The molecule has 3 aromatic heterocycles. The summed E-state index contributed by atoms with van der Waals surface area (Å²) in [6.45, 7) is 8.33. The summed E-state index contributed by atoms with van der Waals surface area (Å²) >= 11 is 0. The number of benzene rings is 2. The van der Waals surface area contributed by atoms with Crippen molar-refractivity contribution in [3.05, 3.63) is 96.1 Å². The Hall–Kier alpha value is -7.54. The zero-order chi connectivity index (χ0) is 49.4. The number of carbonyl (C=O) groups is 4. The Bertz CT molecular complexity index is 2820. The van der Waals surface area contributed by atoms with Crippen molar-refractivity contribution in [1.29, 1.82) is 5.26 Å². The number of amides is 5. The summed E-state index contributed by atoms with van der Waals surface area (Å²) in [5, 5.41) is 23.3. The van der Waals surface area contributed by atoms with Gasteiger partial charge in [-0.2, -0.15) is 10.4 Å². The third kappa shape index (κ3) is 11.3. The second kappa shape index (κ2) is 21.8. The highest BCUT2D eigenvalue weighted by molar-refractivity contribution is 6.09. The molecule has 0 bridgehead atoms. The maximum absolute atomic E-state index is 14.9. The van der Waals surface area contributed by atoms with Gasteiger partial charge >= 0.3 is 6.03 Å². The number of piperazine rings is 1. The van der Waals surface area contributed by atoms with Crippen LogP contribution in [-0.4, -0.2) is 138 Å². The van der Waals surface area contributed by atoms with Gasteiger partial charge in [0.15, 0.2) is 5.82 Å². The fourth-order valence-electron chi connectivity index (χ4n) is 9.06. The Labute approximate surface area is 403 Å². The largest absolute Gasteiger partial charge is 0.492 e. The molecule has 3 aliphatic rings. The normalized spacial score (nSPS) is 16.8. The summed E-state index contributed by atoms with van der Waals surface area (Å²) in [5.74, 6) is -1.02. The predicted octanol–water partition coefficient (Wildman–Crippen LogP) is 4.41. The molecule has 0 unspecified atom stereocenters. The van der Waals surface area contributed by atoms with Crippen molar-refractivity contribution in [2.75, 3.05) is 93.8 Å². The Morgan fingerprint density at radius 2 is 1.74 bits per heavy atom. The number of hydrogen-bond acceptors (Lipinski definition) is 14. The number of halogens is 2. The maximum Gasteiger partial charge on any atom is 0.329 e. The number of urea groups is 1. The number of nitrogens with one attached hydrogen (secondary N) is 3. The van der Waals surface area contributed by atoms with Crippen LogP contribution >= 0.6 is 0 Å². The quantitative estimate of drug-likeness (QED) is 0.0748. The van der Waals surface area contributed by atoms with Gasteiger partial charge in [-0.15, -0.1) is 0 Å². The van der Waals surface area contributed by atoms with Crippen LogP contribution in [-0.2, 0) is 21.4 Å². The standard InChI is InChI=1S/C49H55F2N13O6/c1-3-70-36-26-38(45(55-30-36)33(27-52)28-53)32-4-9-42(54-29-32)63-15-12-49(13-16-63,58-47(67)39-24-34(50)5-8-40(39)51)31-62-19-17-61(18-20-62)21-23-69-22-11-44(66)56-35-6-7-37-41(25-35)60(2)59-46(37)64-14-10-43(65)57-48(64)68/h4-9,24-27,29-30H,3,10-23,31,52H2,1-2H3,(H,56,66)(H,58,67)(H,57,65,68)/b33-27-. The average molecular weight is 960 g/mol. The summed E-state index contributed by atoms with van der Waals surface area (Å²) in [4.78, 5) is 67.9. The van der Waals surface area contributed by atoms with Gasteiger partial charge in [0, 0.05) is 107 Å². The van der Waals surface area contributed by atoms with Gasteiger partial charge < -0.3 is 30.7 Å². The first-order chi connectivity index (χ1) is 33.8. The van der Waals surface area contributed by atoms with Crippen molar-refractivity contribution in [3.63, 3.8) is 0 Å². The molecule has 3 saturated heterocycles. The van der Waals surface area contributed by atoms with Crippen LogP contribution in [0.25, 0.3) is 27.6 Å². The molecule has 5 aromatic rings. The zero-order valence-electron chi connectivity index (χ0n) is 39.0. The molecule has 6 heterocycles. The highest BCUT2D eigenvalue weighted by Gasteiger charge is 2.39. The summed E-state index contributed by atoms with van der Waals surface area (Å²) < 4.78 is 42.3. The molecule has 0 saturated carbocycles. The van der Waals surface area contributed by atoms with E-state index in [1.54, 1.807) is 48.4 Å². The molecule has 3 fully saturated rings. The Balaban J connectivity index is 0.829. The van der Waals surface area contributed by atoms with Crippen LogP contribution in [0, 0.1) is 23.0 Å². The van der Waals surface area contributed by atoms with Crippen molar-refractivity contribution in [1.82, 2.24) is 40.2 Å². The number of ether oxygens (including phenoxy) is 2. The number of aromatic nitrogens is 4. The Kier molecular flexibility index (Phi) is 15.2. The minimum atomic E-state index is -0.800. The van der Waals surface area contributed by atoms with Crippen molar-refractivity contribution < 1.29 is 37.4 Å². The van der Waals surface area contributed by atoms with E-state index in [0.29, 0.717) is 116 Å². The zero-order valence-corrected chi connectivity index (χ0v) is 39.0. The molecule has 8 rings (SSSR count). The number of aryl methyl sites for hydroxylation is 1. The molecule has 70 heavy (non-hydrogen) atoms.